The molecule has 2 heterocycles. The third kappa shape index (κ3) is 3.44. The van der Waals surface area contributed by atoms with Crippen molar-refractivity contribution >= 4 is 10.9 Å². The number of ether oxygens (including phenoxy) is 1. The number of pyridine rings is 1. The minimum absolute atomic E-state index is 0.0807. The summed E-state index contributed by atoms with van der Waals surface area (Å²) in [6.07, 6.45) is 0.869. The Labute approximate surface area is 158 Å². The molecule has 0 saturated carbocycles. The Bertz CT molecular complexity index is 1100. The quantitative estimate of drug-likeness (QED) is 0.517. The number of hydrogen-bond donors (Lipinski definition) is 1. The average Bonchev–Trinajstić information content (AvgIpc) is 3.07. The maximum absolute atomic E-state index is 12.6. The normalized spacial score (nSPS) is 11.7. The van der Waals surface area contributed by atoms with Crippen molar-refractivity contribution in [3.63, 3.8) is 0 Å². The molecular formula is C21H15F3N2O2. The number of nitrogens with zero attached hydrogens (tertiary/aromatic N) is 2. The summed E-state index contributed by atoms with van der Waals surface area (Å²) >= 11 is 0. The first-order chi connectivity index (χ1) is 13.5. The summed E-state index contributed by atoms with van der Waals surface area (Å²) in [5, 5.41) is 10.5. The number of halogens is 3. The molecule has 0 fully saturated rings. The van der Waals surface area contributed by atoms with Crippen molar-refractivity contribution < 1.29 is 23.0 Å². The fourth-order valence-corrected chi connectivity index (χ4v) is 3.01. The van der Waals surface area contributed by atoms with Crippen LogP contribution in [0.25, 0.3) is 16.6 Å². The first kappa shape index (κ1) is 18.1. The van der Waals surface area contributed by atoms with Gasteiger partial charge < -0.3 is 14.4 Å². The average molecular weight is 384 g/mol. The molecule has 0 amide bonds. The van der Waals surface area contributed by atoms with Crippen LogP contribution >= 0.6 is 0 Å². The van der Waals surface area contributed by atoms with E-state index in [1.54, 1.807) is 24.5 Å². The van der Waals surface area contributed by atoms with Gasteiger partial charge in [-0.3, -0.25) is 4.98 Å². The second kappa shape index (κ2) is 7.01. The van der Waals surface area contributed by atoms with Crippen LogP contribution in [0.5, 0.6) is 11.5 Å². The van der Waals surface area contributed by atoms with E-state index in [4.69, 9.17) is 4.74 Å². The zero-order chi connectivity index (χ0) is 19.7. The van der Waals surface area contributed by atoms with Crippen LogP contribution in [-0.4, -0.2) is 14.7 Å². The van der Waals surface area contributed by atoms with Crippen LogP contribution < -0.4 is 4.74 Å². The van der Waals surface area contributed by atoms with Gasteiger partial charge in [0, 0.05) is 29.0 Å². The zero-order valence-corrected chi connectivity index (χ0v) is 14.5. The van der Waals surface area contributed by atoms with E-state index in [2.05, 4.69) is 4.98 Å². The zero-order valence-electron chi connectivity index (χ0n) is 14.5. The van der Waals surface area contributed by atoms with Crippen molar-refractivity contribution in [3.8, 4) is 17.2 Å². The minimum atomic E-state index is -4.37. The van der Waals surface area contributed by atoms with Gasteiger partial charge in [0.05, 0.1) is 23.9 Å². The molecule has 7 heteroatoms. The number of fused-ring (bicyclic) bond motifs is 1. The Morgan fingerprint density at radius 1 is 0.929 bits per heavy atom. The highest BCUT2D eigenvalue weighted by atomic mass is 19.4. The van der Waals surface area contributed by atoms with Gasteiger partial charge >= 0.3 is 6.18 Å². The Morgan fingerprint density at radius 2 is 1.57 bits per heavy atom. The SMILES string of the molecule is OCc1cn(-c2ccc(Oc3ccc(C(F)(F)F)cc3)cc2)c2cnccc12. The van der Waals surface area contributed by atoms with Crippen LogP contribution in [0.15, 0.2) is 73.2 Å². The number of aromatic nitrogens is 2. The second-order valence-electron chi connectivity index (χ2n) is 6.19. The van der Waals surface area contributed by atoms with Gasteiger partial charge in [0.2, 0.25) is 0 Å². The lowest BCUT2D eigenvalue weighted by molar-refractivity contribution is -0.137. The van der Waals surface area contributed by atoms with Crippen LogP contribution in [0, 0.1) is 0 Å². The fourth-order valence-electron chi connectivity index (χ4n) is 3.01. The van der Waals surface area contributed by atoms with Gasteiger partial charge in [-0.1, -0.05) is 0 Å². The lowest BCUT2D eigenvalue weighted by Gasteiger charge is -2.10. The smallest absolute Gasteiger partial charge is 0.416 e. The van der Waals surface area contributed by atoms with Crippen molar-refractivity contribution in [2.24, 2.45) is 0 Å². The molecule has 0 aliphatic heterocycles. The second-order valence-corrected chi connectivity index (χ2v) is 6.19. The van der Waals surface area contributed by atoms with Crippen LogP contribution in [-0.2, 0) is 12.8 Å². The van der Waals surface area contributed by atoms with Crippen LogP contribution in [0.4, 0.5) is 13.2 Å². The number of benzene rings is 2. The summed E-state index contributed by atoms with van der Waals surface area (Å²) in [7, 11) is 0. The van der Waals surface area contributed by atoms with E-state index in [0.717, 1.165) is 34.3 Å². The van der Waals surface area contributed by atoms with Gasteiger partial charge in [-0.15, -0.1) is 0 Å². The van der Waals surface area contributed by atoms with E-state index < -0.39 is 11.7 Å². The van der Waals surface area contributed by atoms with Crippen molar-refractivity contribution in [2.45, 2.75) is 12.8 Å². The van der Waals surface area contributed by atoms with Crippen molar-refractivity contribution in [1.82, 2.24) is 9.55 Å². The lowest BCUT2D eigenvalue weighted by Crippen LogP contribution is -2.03. The minimum Gasteiger partial charge on any atom is -0.457 e. The topological polar surface area (TPSA) is 47.3 Å². The number of rotatable bonds is 4. The predicted molar refractivity (Wildman–Crippen MR) is 98.5 cm³/mol. The van der Waals surface area contributed by atoms with E-state index in [0.29, 0.717) is 11.5 Å². The van der Waals surface area contributed by atoms with Crippen molar-refractivity contribution in [2.75, 3.05) is 0 Å². The molecule has 28 heavy (non-hydrogen) atoms. The van der Waals surface area contributed by atoms with Crippen LogP contribution in [0.3, 0.4) is 0 Å². The van der Waals surface area contributed by atoms with Gasteiger partial charge in [-0.2, -0.15) is 13.2 Å². The molecule has 2 aromatic carbocycles. The largest absolute Gasteiger partial charge is 0.457 e. The molecule has 2 aromatic heterocycles. The number of hydrogen-bond acceptors (Lipinski definition) is 3. The van der Waals surface area contributed by atoms with E-state index in [9.17, 15) is 18.3 Å². The molecule has 4 rings (SSSR count). The Kier molecular flexibility index (Phi) is 4.52. The van der Waals surface area contributed by atoms with Crippen LogP contribution in [0.2, 0.25) is 0 Å². The van der Waals surface area contributed by atoms with E-state index >= 15 is 0 Å². The number of alkyl halides is 3. The molecule has 0 bridgehead atoms. The standard InChI is InChI=1S/C21H15F3N2O2/c22-21(23,24)15-1-5-17(6-2-15)28-18-7-3-16(4-8-18)26-12-14(13-27)19-9-10-25-11-20(19)26/h1-12,27H,13H2. The van der Waals surface area contributed by atoms with Gasteiger partial charge in [-0.25, -0.2) is 0 Å². The monoisotopic (exact) mass is 384 g/mol. The summed E-state index contributed by atoms with van der Waals surface area (Å²) < 4.78 is 45.4. The van der Waals surface area contributed by atoms with Crippen LogP contribution in [0.1, 0.15) is 11.1 Å². The first-order valence-corrected chi connectivity index (χ1v) is 8.46. The van der Waals surface area contributed by atoms with Crippen molar-refractivity contribution in [1.29, 1.82) is 0 Å². The molecule has 0 aliphatic carbocycles. The highest BCUT2D eigenvalue weighted by Crippen LogP contribution is 2.32. The molecule has 1 N–H and O–H groups in total. The lowest BCUT2D eigenvalue weighted by atomic mass is 10.2. The molecule has 0 unspecified atom stereocenters. The van der Waals surface area contributed by atoms with E-state index in [1.807, 2.05) is 29.0 Å². The Hall–Kier alpha value is -3.32. The van der Waals surface area contributed by atoms with Gasteiger partial charge in [-0.05, 0) is 54.6 Å². The summed E-state index contributed by atoms with van der Waals surface area (Å²) in [5.41, 5.74) is 1.78. The summed E-state index contributed by atoms with van der Waals surface area (Å²) in [6.45, 7) is -0.0807. The number of aliphatic hydroxyl groups is 1. The maximum Gasteiger partial charge on any atom is 0.416 e. The summed E-state index contributed by atoms with van der Waals surface area (Å²) in [6, 6.07) is 13.5. The van der Waals surface area contributed by atoms with Gasteiger partial charge in [0.25, 0.3) is 0 Å². The molecule has 4 aromatic rings. The van der Waals surface area contributed by atoms with E-state index in [1.165, 1.54) is 12.1 Å². The molecule has 0 saturated heterocycles. The van der Waals surface area contributed by atoms with E-state index in [-0.39, 0.29) is 6.61 Å². The fraction of sp³-hybridized carbons (Fsp3) is 0.0952. The predicted octanol–water partition coefficient (Wildman–Crippen LogP) is 5.33. The van der Waals surface area contributed by atoms with Gasteiger partial charge in [0.15, 0.2) is 0 Å². The molecular weight excluding hydrogens is 369 g/mol. The van der Waals surface area contributed by atoms with Gasteiger partial charge in [0.1, 0.15) is 11.5 Å². The summed E-state index contributed by atoms with van der Waals surface area (Å²) in [4.78, 5) is 4.14. The molecule has 4 nitrogen and oxygen atoms in total. The molecule has 0 atom stereocenters. The maximum atomic E-state index is 12.6. The van der Waals surface area contributed by atoms with Crippen molar-refractivity contribution in [3.05, 3.63) is 84.3 Å². The molecule has 0 aliphatic rings. The highest BCUT2D eigenvalue weighted by molar-refractivity contribution is 5.84. The Balaban J connectivity index is 1.58. The molecule has 0 radical (unpaired) electrons. The first-order valence-electron chi connectivity index (χ1n) is 8.46. The third-order valence-electron chi connectivity index (χ3n) is 4.39. The molecule has 0 spiro atoms. The number of aliphatic hydroxyl groups excluding tert-OH is 1. The Morgan fingerprint density at radius 3 is 2.18 bits per heavy atom. The third-order valence-corrected chi connectivity index (χ3v) is 4.39. The molecule has 142 valence electrons. The highest BCUT2D eigenvalue weighted by Gasteiger charge is 2.30. The summed E-state index contributed by atoms with van der Waals surface area (Å²) in [5.74, 6) is 0.819.